The van der Waals surface area contributed by atoms with Crippen molar-refractivity contribution in [1.82, 2.24) is 5.32 Å². The Morgan fingerprint density at radius 2 is 2.07 bits per heavy atom. The first-order chi connectivity index (χ1) is 7.29. The molecular weight excluding hydrogens is 188 g/mol. The summed E-state index contributed by atoms with van der Waals surface area (Å²) in [5.74, 6) is 0.439. The van der Waals surface area contributed by atoms with E-state index in [9.17, 15) is 4.79 Å². The first-order valence-electron chi connectivity index (χ1n) is 5.34. The zero-order valence-electron chi connectivity index (χ0n) is 8.65. The number of carbonyl (C=O) groups is 1. The van der Waals surface area contributed by atoms with Crippen LogP contribution in [-0.2, 0) is 4.79 Å². The van der Waals surface area contributed by atoms with E-state index in [1.165, 1.54) is 5.56 Å². The van der Waals surface area contributed by atoms with Crippen LogP contribution in [0.2, 0.25) is 0 Å². The molecule has 1 heterocycles. The topological polar surface area (TPSA) is 55.1 Å². The Morgan fingerprint density at radius 1 is 1.33 bits per heavy atom. The predicted octanol–water partition coefficient (Wildman–Crippen LogP) is 1.21. The molecule has 1 aromatic carbocycles. The molecule has 0 bridgehead atoms. The van der Waals surface area contributed by atoms with Gasteiger partial charge in [0, 0.05) is 6.42 Å². The molecule has 3 heteroatoms. The number of nitrogens with two attached hydrogens (primary N) is 1. The highest BCUT2D eigenvalue weighted by Crippen LogP contribution is 2.26. The molecular formula is C12H16N2O. The van der Waals surface area contributed by atoms with Crippen LogP contribution in [0, 0.1) is 5.92 Å². The van der Waals surface area contributed by atoms with Gasteiger partial charge in [-0.05, 0) is 24.4 Å². The molecule has 3 N–H and O–H groups in total. The van der Waals surface area contributed by atoms with Crippen molar-refractivity contribution in [3.05, 3.63) is 35.9 Å². The fraction of sp³-hybridized carbons (Fsp3) is 0.417. The monoisotopic (exact) mass is 204 g/mol. The molecule has 2 unspecified atom stereocenters. The number of benzene rings is 1. The van der Waals surface area contributed by atoms with Crippen LogP contribution < -0.4 is 11.1 Å². The van der Waals surface area contributed by atoms with Gasteiger partial charge in [0.05, 0.1) is 6.04 Å². The van der Waals surface area contributed by atoms with E-state index in [-0.39, 0.29) is 11.9 Å². The minimum absolute atomic E-state index is 0.116. The summed E-state index contributed by atoms with van der Waals surface area (Å²) in [6, 6.07) is 10.2. The number of hydrogen-bond donors (Lipinski definition) is 2. The molecule has 0 spiro atoms. The second kappa shape index (κ2) is 4.45. The van der Waals surface area contributed by atoms with Crippen LogP contribution in [0.15, 0.2) is 30.3 Å². The van der Waals surface area contributed by atoms with Gasteiger partial charge in [0.2, 0.25) is 5.91 Å². The molecule has 2 atom stereocenters. The van der Waals surface area contributed by atoms with E-state index in [0.717, 1.165) is 6.42 Å². The number of amides is 1. The standard InChI is InChI=1S/C12H16N2O/c13-8-9-6-11(14-12(15)7-9)10-4-2-1-3-5-10/h1-5,9,11H,6-8,13H2,(H,14,15). The van der Waals surface area contributed by atoms with Crippen LogP contribution in [0.1, 0.15) is 24.4 Å². The maximum Gasteiger partial charge on any atom is 0.220 e. The van der Waals surface area contributed by atoms with E-state index in [0.29, 0.717) is 18.9 Å². The molecule has 1 aromatic rings. The average Bonchev–Trinajstić information content (AvgIpc) is 2.29. The second-order valence-electron chi connectivity index (χ2n) is 4.07. The molecule has 1 aliphatic heterocycles. The zero-order valence-corrected chi connectivity index (χ0v) is 8.65. The maximum atomic E-state index is 11.4. The molecule has 2 rings (SSSR count). The van der Waals surface area contributed by atoms with Crippen molar-refractivity contribution >= 4 is 5.91 Å². The van der Waals surface area contributed by atoms with E-state index >= 15 is 0 Å². The SMILES string of the molecule is NCC1CC(=O)NC(c2ccccc2)C1. The second-order valence-corrected chi connectivity index (χ2v) is 4.07. The number of carbonyl (C=O) groups excluding carboxylic acids is 1. The van der Waals surface area contributed by atoms with E-state index in [1.807, 2.05) is 30.3 Å². The van der Waals surface area contributed by atoms with Gasteiger partial charge in [-0.15, -0.1) is 0 Å². The summed E-state index contributed by atoms with van der Waals surface area (Å²) in [5, 5.41) is 3.00. The van der Waals surface area contributed by atoms with Gasteiger partial charge >= 0.3 is 0 Å². The third-order valence-corrected chi connectivity index (χ3v) is 2.91. The largest absolute Gasteiger partial charge is 0.349 e. The summed E-state index contributed by atoms with van der Waals surface area (Å²) in [6.07, 6.45) is 1.52. The fourth-order valence-electron chi connectivity index (χ4n) is 2.08. The van der Waals surface area contributed by atoms with Crippen LogP contribution in [0.4, 0.5) is 0 Å². The van der Waals surface area contributed by atoms with Crippen molar-refractivity contribution in [2.24, 2.45) is 11.7 Å². The van der Waals surface area contributed by atoms with E-state index in [4.69, 9.17) is 5.73 Å². The Bertz CT molecular complexity index is 337. The summed E-state index contributed by atoms with van der Waals surface area (Å²) in [7, 11) is 0. The van der Waals surface area contributed by atoms with Gasteiger partial charge in [0.25, 0.3) is 0 Å². The number of piperidine rings is 1. The van der Waals surface area contributed by atoms with Gasteiger partial charge in [-0.2, -0.15) is 0 Å². The van der Waals surface area contributed by atoms with Crippen molar-refractivity contribution in [1.29, 1.82) is 0 Å². The molecule has 1 aliphatic rings. The first kappa shape index (κ1) is 10.2. The summed E-state index contributed by atoms with van der Waals surface area (Å²) in [4.78, 5) is 11.4. The molecule has 0 aliphatic carbocycles. The highest BCUT2D eigenvalue weighted by Gasteiger charge is 2.26. The number of nitrogens with one attached hydrogen (secondary N) is 1. The minimum Gasteiger partial charge on any atom is -0.349 e. The summed E-state index contributed by atoms with van der Waals surface area (Å²) in [6.45, 7) is 0.594. The van der Waals surface area contributed by atoms with E-state index in [1.54, 1.807) is 0 Å². The highest BCUT2D eigenvalue weighted by molar-refractivity contribution is 5.77. The van der Waals surface area contributed by atoms with Crippen molar-refractivity contribution in [3.63, 3.8) is 0 Å². The van der Waals surface area contributed by atoms with Crippen LogP contribution in [0.5, 0.6) is 0 Å². The van der Waals surface area contributed by atoms with Gasteiger partial charge in [0.15, 0.2) is 0 Å². The molecule has 80 valence electrons. The number of rotatable bonds is 2. The Kier molecular flexibility index (Phi) is 3.02. The fourth-order valence-corrected chi connectivity index (χ4v) is 2.08. The minimum atomic E-state index is 0.116. The third-order valence-electron chi connectivity index (χ3n) is 2.91. The van der Waals surface area contributed by atoms with Gasteiger partial charge in [-0.1, -0.05) is 30.3 Å². The lowest BCUT2D eigenvalue weighted by Gasteiger charge is -2.29. The van der Waals surface area contributed by atoms with Crippen molar-refractivity contribution < 1.29 is 4.79 Å². The van der Waals surface area contributed by atoms with Gasteiger partial charge in [-0.25, -0.2) is 0 Å². The lowest BCUT2D eigenvalue weighted by Crippen LogP contribution is -2.38. The molecule has 3 nitrogen and oxygen atoms in total. The Hall–Kier alpha value is -1.35. The summed E-state index contributed by atoms with van der Waals surface area (Å²) < 4.78 is 0. The predicted molar refractivity (Wildman–Crippen MR) is 59.1 cm³/mol. The lowest BCUT2D eigenvalue weighted by molar-refractivity contribution is -0.124. The molecule has 0 saturated carbocycles. The molecule has 1 fully saturated rings. The number of hydrogen-bond acceptors (Lipinski definition) is 2. The van der Waals surface area contributed by atoms with Crippen LogP contribution in [-0.4, -0.2) is 12.5 Å². The third kappa shape index (κ3) is 2.36. The highest BCUT2D eigenvalue weighted by atomic mass is 16.1. The van der Waals surface area contributed by atoms with E-state index < -0.39 is 0 Å². The summed E-state index contributed by atoms with van der Waals surface area (Å²) in [5.41, 5.74) is 6.80. The van der Waals surface area contributed by atoms with Gasteiger partial charge in [-0.3, -0.25) is 4.79 Å². The lowest BCUT2D eigenvalue weighted by atomic mass is 9.88. The van der Waals surface area contributed by atoms with Gasteiger partial charge in [0.1, 0.15) is 0 Å². The molecule has 1 amide bonds. The van der Waals surface area contributed by atoms with Crippen LogP contribution >= 0.6 is 0 Å². The molecule has 1 saturated heterocycles. The van der Waals surface area contributed by atoms with Crippen molar-refractivity contribution in [2.75, 3.05) is 6.54 Å². The Morgan fingerprint density at radius 3 is 2.73 bits per heavy atom. The smallest absolute Gasteiger partial charge is 0.220 e. The van der Waals surface area contributed by atoms with Crippen molar-refractivity contribution in [2.45, 2.75) is 18.9 Å². The quantitative estimate of drug-likeness (QED) is 0.761. The Labute approximate surface area is 89.7 Å². The van der Waals surface area contributed by atoms with Gasteiger partial charge < -0.3 is 11.1 Å². The zero-order chi connectivity index (χ0) is 10.7. The molecule has 0 aromatic heterocycles. The molecule has 15 heavy (non-hydrogen) atoms. The van der Waals surface area contributed by atoms with Crippen molar-refractivity contribution in [3.8, 4) is 0 Å². The average molecular weight is 204 g/mol. The Balaban J connectivity index is 2.12. The van der Waals surface area contributed by atoms with E-state index in [2.05, 4.69) is 5.32 Å². The molecule has 0 radical (unpaired) electrons. The first-order valence-corrected chi connectivity index (χ1v) is 5.34. The van der Waals surface area contributed by atoms with Crippen LogP contribution in [0.25, 0.3) is 0 Å². The maximum absolute atomic E-state index is 11.4. The normalized spacial score (nSPS) is 26.1. The van der Waals surface area contributed by atoms with Crippen LogP contribution in [0.3, 0.4) is 0 Å². The summed E-state index contributed by atoms with van der Waals surface area (Å²) >= 11 is 0.